The molecule has 2 rings (SSSR count). The van der Waals surface area contributed by atoms with Gasteiger partial charge < -0.3 is 4.74 Å². The van der Waals surface area contributed by atoms with Gasteiger partial charge in [-0.1, -0.05) is 22.0 Å². The van der Waals surface area contributed by atoms with Gasteiger partial charge in [-0.05, 0) is 49.2 Å². The number of nitrogens with zero attached hydrogens (tertiary/aromatic N) is 1. The topological polar surface area (TPSA) is 52.4 Å². The summed E-state index contributed by atoms with van der Waals surface area (Å²) in [6, 6.07) is 10.4. The molecule has 0 unspecified atom stereocenters. The Morgan fingerprint density at radius 3 is 2.32 bits per heavy atom. The molecule has 0 aromatic heterocycles. The van der Waals surface area contributed by atoms with Gasteiger partial charge in [0.2, 0.25) is 5.75 Å². The van der Waals surface area contributed by atoms with E-state index in [1.165, 1.54) is 6.07 Å². The fourth-order valence-electron chi connectivity index (χ4n) is 1.84. The van der Waals surface area contributed by atoms with Crippen molar-refractivity contribution in [1.29, 1.82) is 0 Å². The summed E-state index contributed by atoms with van der Waals surface area (Å²) in [6.07, 6.45) is 0. The highest BCUT2D eigenvalue weighted by Crippen LogP contribution is 2.34. The van der Waals surface area contributed by atoms with Gasteiger partial charge in [0.25, 0.3) is 0 Å². The maximum absolute atomic E-state index is 11.0. The monoisotopic (exact) mass is 321 g/mol. The summed E-state index contributed by atoms with van der Waals surface area (Å²) in [7, 11) is 0. The molecule has 19 heavy (non-hydrogen) atoms. The first-order valence-corrected chi connectivity index (χ1v) is 6.45. The first-order chi connectivity index (χ1) is 8.95. The second-order valence-corrected chi connectivity index (χ2v) is 5.21. The number of aryl methyl sites for hydroxylation is 2. The average molecular weight is 322 g/mol. The quantitative estimate of drug-likeness (QED) is 0.604. The van der Waals surface area contributed by atoms with Crippen LogP contribution in [-0.4, -0.2) is 4.92 Å². The number of halogens is 1. The number of benzene rings is 2. The lowest BCUT2D eigenvalue weighted by atomic mass is 10.1. The lowest BCUT2D eigenvalue weighted by molar-refractivity contribution is -0.385. The Morgan fingerprint density at radius 2 is 1.74 bits per heavy atom. The van der Waals surface area contributed by atoms with Crippen LogP contribution in [0.25, 0.3) is 0 Å². The zero-order valence-corrected chi connectivity index (χ0v) is 12.1. The minimum Gasteiger partial charge on any atom is -0.450 e. The molecule has 0 heterocycles. The van der Waals surface area contributed by atoms with Gasteiger partial charge in [-0.2, -0.15) is 0 Å². The van der Waals surface area contributed by atoms with Gasteiger partial charge in [-0.25, -0.2) is 0 Å². The number of hydrogen-bond donors (Lipinski definition) is 0. The minimum atomic E-state index is -0.456. The zero-order chi connectivity index (χ0) is 14.0. The summed E-state index contributed by atoms with van der Waals surface area (Å²) in [5.74, 6) is 0.834. The van der Waals surface area contributed by atoms with E-state index in [1.807, 2.05) is 32.0 Å². The van der Waals surface area contributed by atoms with Crippen LogP contribution in [0.3, 0.4) is 0 Å². The molecule has 0 spiro atoms. The highest BCUT2D eigenvalue weighted by molar-refractivity contribution is 9.10. The largest absolute Gasteiger partial charge is 0.450 e. The van der Waals surface area contributed by atoms with Crippen molar-refractivity contribution in [1.82, 2.24) is 0 Å². The van der Waals surface area contributed by atoms with Gasteiger partial charge in [-0.3, -0.25) is 10.1 Å². The van der Waals surface area contributed by atoms with Gasteiger partial charge in [0.05, 0.1) is 4.92 Å². The Kier molecular flexibility index (Phi) is 3.85. The molecule has 0 amide bonds. The van der Waals surface area contributed by atoms with E-state index in [0.717, 1.165) is 11.1 Å². The summed E-state index contributed by atoms with van der Waals surface area (Å²) in [4.78, 5) is 10.5. The van der Waals surface area contributed by atoms with Crippen LogP contribution in [0.5, 0.6) is 11.5 Å². The Bertz CT molecular complexity index is 620. The van der Waals surface area contributed by atoms with Crippen molar-refractivity contribution < 1.29 is 9.66 Å². The second-order valence-electron chi connectivity index (χ2n) is 4.29. The molecule has 0 aliphatic carbocycles. The third-order valence-corrected chi connectivity index (χ3v) is 3.03. The Hall–Kier alpha value is -1.88. The lowest BCUT2D eigenvalue weighted by Gasteiger charge is -2.08. The van der Waals surface area contributed by atoms with Gasteiger partial charge in [0.1, 0.15) is 5.75 Å². The van der Waals surface area contributed by atoms with Crippen LogP contribution >= 0.6 is 15.9 Å². The van der Waals surface area contributed by atoms with Crippen molar-refractivity contribution in [3.63, 3.8) is 0 Å². The van der Waals surface area contributed by atoms with Crippen LogP contribution in [0.1, 0.15) is 11.1 Å². The number of ether oxygens (including phenoxy) is 1. The van der Waals surface area contributed by atoms with Crippen molar-refractivity contribution in [3.05, 3.63) is 62.1 Å². The van der Waals surface area contributed by atoms with Crippen molar-refractivity contribution in [3.8, 4) is 11.5 Å². The highest BCUT2D eigenvalue weighted by atomic mass is 79.9. The molecule has 0 radical (unpaired) electrons. The van der Waals surface area contributed by atoms with Crippen molar-refractivity contribution in [2.45, 2.75) is 13.8 Å². The molecule has 2 aromatic rings. The SMILES string of the molecule is Cc1cc(C)cc(Oc2ccc(Br)cc2[N+](=O)[O-])c1. The first-order valence-electron chi connectivity index (χ1n) is 5.66. The van der Waals surface area contributed by atoms with E-state index in [9.17, 15) is 10.1 Å². The minimum absolute atomic E-state index is 0.0615. The zero-order valence-electron chi connectivity index (χ0n) is 10.5. The molecular weight excluding hydrogens is 310 g/mol. The molecule has 0 N–H and O–H groups in total. The first kappa shape index (κ1) is 13.5. The molecule has 0 saturated carbocycles. The standard InChI is InChI=1S/C14H12BrNO3/c1-9-5-10(2)7-12(6-9)19-14-4-3-11(15)8-13(14)16(17)18/h3-8H,1-2H3. The Labute approximate surface area is 119 Å². The van der Waals surface area contributed by atoms with E-state index in [2.05, 4.69) is 15.9 Å². The maximum atomic E-state index is 11.0. The number of rotatable bonds is 3. The fraction of sp³-hybridized carbons (Fsp3) is 0.143. The number of nitro benzene ring substituents is 1. The Morgan fingerprint density at radius 1 is 1.11 bits per heavy atom. The van der Waals surface area contributed by atoms with E-state index >= 15 is 0 Å². The molecule has 0 fully saturated rings. The number of hydrogen-bond acceptors (Lipinski definition) is 3. The molecule has 0 atom stereocenters. The van der Waals surface area contributed by atoms with Crippen LogP contribution in [-0.2, 0) is 0 Å². The summed E-state index contributed by atoms with van der Waals surface area (Å²) in [5.41, 5.74) is 2.04. The van der Waals surface area contributed by atoms with E-state index < -0.39 is 4.92 Å². The molecule has 4 nitrogen and oxygen atoms in total. The van der Waals surface area contributed by atoms with E-state index in [4.69, 9.17) is 4.74 Å². The molecule has 98 valence electrons. The lowest BCUT2D eigenvalue weighted by Crippen LogP contribution is -1.94. The van der Waals surface area contributed by atoms with Crippen LogP contribution in [0, 0.1) is 24.0 Å². The molecule has 5 heteroatoms. The van der Waals surface area contributed by atoms with Crippen molar-refractivity contribution in [2.75, 3.05) is 0 Å². The molecule has 0 aliphatic rings. The molecule has 0 aliphatic heterocycles. The van der Waals surface area contributed by atoms with Gasteiger partial charge in [0.15, 0.2) is 0 Å². The maximum Gasteiger partial charge on any atom is 0.312 e. The van der Waals surface area contributed by atoms with E-state index in [0.29, 0.717) is 10.2 Å². The second kappa shape index (κ2) is 5.40. The van der Waals surface area contributed by atoms with Crippen LogP contribution in [0.2, 0.25) is 0 Å². The summed E-state index contributed by atoms with van der Waals surface area (Å²) >= 11 is 3.21. The van der Waals surface area contributed by atoms with Crippen LogP contribution < -0.4 is 4.74 Å². The van der Waals surface area contributed by atoms with Gasteiger partial charge in [0, 0.05) is 10.5 Å². The molecule has 0 bridgehead atoms. The Balaban J connectivity index is 2.40. The van der Waals surface area contributed by atoms with E-state index in [-0.39, 0.29) is 11.4 Å². The third kappa shape index (κ3) is 3.32. The predicted octanol–water partition coefficient (Wildman–Crippen LogP) is 4.77. The highest BCUT2D eigenvalue weighted by Gasteiger charge is 2.16. The van der Waals surface area contributed by atoms with Crippen molar-refractivity contribution in [2.24, 2.45) is 0 Å². The predicted molar refractivity (Wildman–Crippen MR) is 76.8 cm³/mol. The smallest absolute Gasteiger partial charge is 0.312 e. The van der Waals surface area contributed by atoms with E-state index in [1.54, 1.807) is 12.1 Å². The molecular formula is C14H12BrNO3. The molecule has 2 aromatic carbocycles. The third-order valence-electron chi connectivity index (χ3n) is 2.54. The average Bonchev–Trinajstić information content (AvgIpc) is 2.30. The summed E-state index contributed by atoms with van der Waals surface area (Å²) < 4.78 is 6.27. The summed E-state index contributed by atoms with van der Waals surface area (Å²) in [5, 5.41) is 11.0. The van der Waals surface area contributed by atoms with Crippen molar-refractivity contribution >= 4 is 21.6 Å². The summed E-state index contributed by atoms with van der Waals surface area (Å²) in [6.45, 7) is 3.91. The normalized spacial score (nSPS) is 10.3. The fourth-order valence-corrected chi connectivity index (χ4v) is 2.19. The van der Waals surface area contributed by atoms with Gasteiger partial charge in [-0.15, -0.1) is 0 Å². The van der Waals surface area contributed by atoms with Crippen LogP contribution in [0.4, 0.5) is 5.69 Å². The molecule has 0 saturated heterocycles. The van der Waals surface area contributed by atoms with Crippen LogP contribution in [0.15, 0.2) is 40.9 Å². The van der Waals surface area contributed by atoms with Gasteiger partial charge >= 0.3 is 5.69 Å². The number of nitro groups is 1.